The van der Waals surface area contributed by atoms with Crippen molar-refractivity contribution in [3.63, 3.8) is 0 Å². The Bertz CT molecular complexity index is 488. The van der Waals surface area contributed by atoms with Crippen molar-refractivity contribution in [1.29, 1.82) is 0 Å². The van der Waals surface area contributed by atoms with E-state index in [4.69, 9.17) is 9.47 Å². The largest absolute Gasteiger partial charge is 0.462 e. The van der Waals surface area contributed by atoms with Crippen molar-refractivity contribution in [3.05, 3.63) is 0 Å². The van der Waals surface area contributed by atoms with Crippen molar-refractivity contribution in [2.75, 3.05) is 40.4 Å². The molecule has 0 saturated heterocycles. The molecule has 2 rings (SSSR count). The van der Waals surface area contributed by atoms with Crippen LogP contribution in [0.2, 0.25) is 0 Å². The smallest absolute Gasteiger partial charge is 0.361 e. The zero-order valence-corrected chi connectivity index (χ0v) is 18.8. The van der Waals surface area contributed by atoms with Gasteiger partial charge < -0.3 is 14.0 Å². The first-order valence-corrected chi connectivity index (χ1v) is 11.2. The normalized spacial score (nSPS) is 29.3. The molecule has 0 aromatic rings. The van der Waals surface area contributed by atoms with Gasteiger partial charge in [0, 0.05) is 0 Å². The van der Waals surface area contributed by atoms with E-state index in [9.17, 15) is 4.79 Å². The maximum absolute atomic E-state index is 12.1. The van der Waals surface area contributed by atoms with Gasteiger partial charge in [-0.3, -0.25) is 0 Å². The van der Waals surface area contributed by atoms with E-state index >= 15 is 0 Å². The summed E-state index contributed by atoms with van der Waals surface area (Å²) in [6.07, 6.45) is 10.1. The lowest BCUT2D eigenvalue weighted by molar-refractivity contribution is -0.883. The Hall–Kier alpha value is -0.610. The average molecular weight is 383 g/mol. The van der Waals surface area contributed by atoms with Gasteiger partial charge in [0.25, 0.3) is 0 Å². The number of hydrogen-bond donors (Lipinski definition) is 0. The number of likely N-dealkylation sites (N-methyl/N-ethyl adjacent to an activating group) is 1. The Morgan fingerprint density at radius 3 is 2.37 bits per heavy atom. The minimum atomic E-state index is -0.0801. The third-order valence-corrected chi connectivity index (χ3v) is 7.80. The first-order valence-electron chi connectivity index (χ1n) is 11.2. The number of unbranched alkanes of at least 4 members (excludes halogenated alkanes) is 4. The molecule has 0 radical (unpaired) electrons. The van der Waals surface area contributed by atoms with Crippen LogP contribution >= 0.6 is 0 Å². The number of carbonyl (C=O) groups excluding carboxylic acids is 1. The average Bonchev–Trinajstić information content (AvgIpc) is 2.91. The predicted octanol–water partition coefficient (Wildman–Crippen LogP) is 4.81. The van der Waals surface area contributed by atoms with Gasteiger partial charge in [-0.15, -0.1) is 0 Å². The van der Waals surface area contributed by atoms with Crippen LogP contribution in [0, 0.1) is 16.7 Å². The number of esters is 1. The molecule has 0 N–H and O–H groups in total. The molecule has 158 valence electrons. The van der Waals surface area contributed by atoms with Gasteiger partial charge in [0.05, 0.1) is 33.4 Å². The molecule has 2 saturated carbocycles. The molecule has 2 aliphatic carbocycles. The van der Waals surface area contributed by atoms with Crippen LogP contribution < -0.4 is 0 Å². The number of nitrogens with zero attached hydrogens (tertiary/aromatic N) is 1. The van der Waals surface area contributed by atoms with E-state index in [0.29, 0.717) is 34.6 Å². The van der Waals surface area contributed by atoms with Gasteiger partial charge in [0.1, 0.15) is 6.54 Å². The summed E-state index contributed by atoms with van der Waals surface area (Å²) < 4.78 is 12.4. The molecule has 0 unspecified atom stereocenters. The third kappa shape index (κ3) is 5.47. The molecule has 2 fully saturated rings. The predicted molar refractivity (Wildman–Crippen MR) is 111 cm³/mol. The van der Waals surface area contributed by atoms with E-state index in [1.807, 2.05) is 0 Å². The fourth-order valence-corrected chi connectivity index (χ4v) is 5.19. The molecule has 0 spiro atoms. The topological polar surface area (TPSA) is 35.5 Å². The minimum Gasteiger partial charge on any atom is -0.462 e. The van der Waals surface area contributed by atoms with Gasteiger partial charge in [0.15, 0.2) is 6.54 Å². The summed E-state index contributed by atoms with van der Waals surface area (Å²) in [5.74, 6) is 0.728. The van der Waals surface area contributed by atoms with Gasteiger partial charge >= 0.3 is 5.97 Å². The third-order valence-electron chi connectivity index (χ3n) is 7.80. The second-order valence-corrected chi connectivity index (χ2v) is 10.4. The number of fused-ring (bicyclic) bond motifs is 2. The van der Waals surface area contributed by atoms with Gasteiger partial charge in [-0.05, 0) is 42.4 Å². The quantitative estimate of drug-likeness (QED) is 0.276. The van der Waals surface area contributed by atoms with E-state index in [2.05, 4.69) is 41.8 Å². The Morgan fingerprint density at radius 1 is 1.07 bits per heavy atom. The van der Waals surface area contributed by atoms with Crippen LogP contribution in [0.3, 0.4) is 0 Å². The lowest BCUT2D eigenvalue weighted by atomic mass is 9.70. The zero-order chi connectivity index (χ0) is 20.1. The first-order chi connectivity index (χ1) is 12.6. The molecule has 0 amide bonds. The summed E-state index contributed by atoms with van der Waals surface area (Å²) in [7, 11) is 4.19. The number of carbonyl (C=O) groups is 1. The highest BCUT2D eigenvalue weighted by atomic mass is 16.5. The molecule has 0 heterocycles. The van der Waals surface area contributed by atoms with Crippen LogP contribution in [0.15, 0.2) is 0 Å². The monoisotopic (exact) mass is 382 g/mol. The fourth-order valence-electron chi connectivity index (χ4n) is 5.19. The van der Waals surface area contributed by atoms with E-state index in [1.165, 1.54) is 38.5 Å². The van der Waals surface area contributed by atoms with Crippen molar-refractivity contribution in [3.8, 4) is 0 Å². The van der Waals surface area contributed by atoms with Crippen molar-refractivity contribution >= 4 is 5.97 Å². The van der Waals surface area contributed by atoms with Gasteiger partial charge in [-0.2, -0.15) is 0 Å². The van der Waals surface area contributed by atoms with E-state index in [-0.39, 0.29) is 5.97 Å². The second kappa shape index (κ2) is 9.26. The summed E-state index contributed by atoms with van der Waals surface area (Å²) in [5, 5.41) is 0. The molecule has 27 heavy (non-hydrogen) atoms. The van der Waals surface area contributed by atoms with Crippen molar-refractivity contribution in [2.45, 2.75) is 85.2 Å². The fraction of sp³-hybridized carbons (Fsp3) is 0.957. The molecule has 0 aliphatic heterocycles. The molecule has 2 bridgehead atoms. The summed E-state index contributed by atoms with van der Waals surface area (Å²) in [6, 6.07) is 0. The van der Waals surface area contributed by atoms with Crippen LogP contribution in [-0.2, 0) is 14.3 Å². The Labute approximate surface area is 167 Å². The summed E-state index contributed by atoms with van der Waals surface area (Å²) in [4.78, 5) is 12.1. The van der Waals surface area contributed by atoms with Gasteiger partial charge in [0.2, 0.25) is 0 Å². The highest BCUT2D eigenvalue weighted by Gasteiger charge is 2.61. The van der Waals surface area contributed by atoms with E-state index in [1.54, 1.807) is 0 Å². The molecule has 4 nitrogen and oxygen atoms in total. The number of rotatable bonds is 12. The van der Waals surface area contributed by atoms with Crippen LogP contribution in [0.1, 0.15) is 79.1 Å². The van der Waals surface area contributed by atoms with Crippen LogP contribution in [0.5, 0.6) is 0 Å². The van der Waals surface area contributed by atoms with Gasteiger partial charge in [-0.25, -0.2) is 4.79 Å². The van der Waals surface area contributed by atoms with Crippen molar-refractivity contribution in [2.24, 2.45) is 16.7 Å². The highest BCUT2D eigenvalue weighted by molar-refractivity contribution is 5.70. The van der Waals surface area contributed by atoms with E-state index < -0.39 is 0 Å². The Balaban J connectivity index is 1.64. The number of ether oxygens (including phenoxy) is 2. The zero-order valence-electron chi connectivity index (χ0n) is 18.8. The molecular weight excluding hydrogens is 338 g/mol. The number of hydrogen-bond acceptors (Lipinski definition) is 3. The van der Waals surface area contributed by atoms with Crippen LogP contribution in [0.25, 0.3) is 0 Å². The summed E-state index contributed by atoms with van der Waals surface area (Å²) in [6.45, 7) is 12.0. The minimum absolute atomic E-state index is 0.0801. The molecule has 4 heteroatoms. The summed E-state index contributed by atoms with van der Waals surface area (Å²) in [5.41, 5.74) is 0.703. The van der Waals surface area contributed by atoms with Gasteiger partial charge in [-0.1, -0.05) is 53.4 Å². The molecule has 2 aliphatic rings. The van der Waals surface area contributed by atoms with Crippen LogP contribution in [0.4, 0.5) is 0 Å². The number of quaternary nitrogens is 1. The highest BCUT2D eigenvalue weighted by Crippen LogP contribution is 2.66. The molecular formula is C23H44NO3+. The SMILES string of the molecule is CCCCCCCOC(=O)C[N+](C)(C)CCO[C@@H]1C[C@@H]2CC[C@@]1(C)C2(C)C. The maximum atomic E-state index is 12.1. The summed E-state index contributed by atoms with van der Waals surface area (Å²) >= 11 is 0. The Morgan fingerprint density at radius 2 is 1.78 bits per heavy atom. The second-order valence-electron chi connectivity index (χ2n) is 10.4. The van der Waals surface area contributed by atoms with Crippen molar-refractivity contribution < 1.29 is 18.8 Å². The van der Waals surface area contributed by atoms with Crippen molar-refractivity contribution in [1.82, 2.24) is 0 Å². The first kappa shape index (κ1) is 22.7. The lowest BCUT2D eigenvalue weighted by Gasteiger charge is -2.39. The molecule has 0 aromatic carbocycles. The molecule has 3 atom stereocenters. The standard InChI is InChI=1S/C23H44NO3/c1-7-8-9-10-11-15-27-21(25)18-24(5,6)14-16-26-20-17-19-12-13-23(20,4)22(19,2)3/h19-20H,7-18H2,1-6H3/q+1/t19-,20+,23+/m0/s1. The maximum Gasteiger partial charge on any atom is 0.361 e. The van der Waals surface area contributed by atoms with Crippen LogP contribution in [-0.4, -0.2) is 57.0 Å². The molecule has 0 aromatic heterocycles. The lowest BCUT2D eigenvalue weighted by Crippen LogP contribution is -2.47. The Kier molecular flexibility index (Phi) is 7.78. The van der Waals surface area contributed by atoms with E-state index in [0.717, 1.165) is 31.9 Å².